The fourth-order valence-corrected chi connectivity index (χ4v) is 1.85. The van der Waals surface area contributed by atoms with Crippen LogP contribution in [0.4, 0.5) is 5.69 Å². The summed E-state index contributed by atoms with van der Waals surface area (Å²) >= 11 is 0. The highest BCUT2D eigenvalue weighted by Crippen LogP contribution is 2.12. The van der Waals surface area contributed by atoms with Crippen molar-refractivity contribution in [3.05, 3.63) is 65.2 Å². The van der Waals surface area contributed by atoms with Gasteiger partial charge in [-0.1, -0.05) is 24.0 Å². The molecular weight excluding hydrogens is 262 g/mol. The van der Waals surface area contributed by atoms with Crippen LogP contribution in [0.15, 0.2) is 48.5 Å². The number of amides is 1. The molecule has 0 radical (unpaired) electrons. The minimum Gasteiger partial charge on any atom is -0.395 e. The van der Waals surface area contributed by atoms with Gasteiger partial charge in [-0.3, -0.25) is 4.79 Å². The summed E-state index contributed by atoms with van der Waals surface area (Å²) < 4.78 is 0. The smallest absolute Gasteiger partial charge is 0.255 e. The largest absolute Gasteiger partial charge is 0.395 e. The SMILES string of the molecule is Cc1cccc(NC(=O)c2ccc(C#CCCO)cc2)c1. The number of hydrogen-bond donors (Lipinski definition) is 2. The van der Waals surface area contributed by atoms with Gasteiger partial charge in [-0.25, -0.2) is 0 Å². The molecule has 2 rings (SSSR count). The van der Waals surface area contributed by atoms with Crippen molar-refractivity contribution in [3.8, 4) is 11.8 Å². The van der Waals surface area contributed by atoms with E-state index in [4.69, 9.17) is 5.11 Å². The maximum Gasteiger partial charge on any atom is 0.255 e. The number of hydrogen-bond acceptors (Lipinski definition) is 2. The molecule has 0 aliphatic rings. The molecule has 0 saturated heterocycles. The Morgan fingerprint density at radius 3 is 2.62 bits per heavy atom. The molecule has 0 aliphatic carbocycles. The Bertz CT molecular complexity index is 678. The predicted octanol–water partition coefficient (Wildman–Crippen LogP) is 2.98. The highest BCUT2D eigenvalue weighted by atomic mass is 16.2. The van der Waals surface area contributed by atoms with Crippen LogP contribution in [-0.2, 0) is 0 Å². The molecule has 0 heterocycles. The molecule has 2 N–H and O–H groups in total. The van der Waals surface area contributed by atoms with Crippen molar-refractivity contribution in [3.63, 3.8) is 0 Å². The van der Waals surface area contributed by atoms with E-state index in [2.05, 4.69) is 17.2 Å². The van der Waals surface area contributed by atoms with Gasteiger partial charge in [-0.15, -0.1) is 0 Å². The van der Waals surface area contributed by atoms with Gasteiger partial charge in [0.15, 0.2) is 0 Å². The number of anilines is 1. The molecule has 0 fully saturated rings. The number of benzene rings is 2. The number of rotatable bonds is 3. The van der Waals surface area contributed by atoms with Crippen molar-refractivity contribution >= 4 is 11.6 Å². The molecule has 3 nitrogen and oxygen atoms in total. The molecule has 1 amide bonds. The first-order chi connectivity index (χ1) is 10.2. The van der Waals surface area contributed by atoms with Crippen LogP contribution in [0.1, 0.15) is 27.9 Å². The van der Waals surface area contributed by atoms with Gasteiger partial charge >= 0.3 is 0 Å². The van der Waals surface area contributed by atoms with E-state index in [9.17, 15) is 4.79 Å². The Labute approximate surface area is 124 Å². The lowest BCUT2D eigenvalue weighted by Crippen LogP contribution is -2.11. The van der Waals surface area contributed by atoms with Gasteiger partial charge in [0.25, 0.3) is 5.91 Å². The number of aliphatic hydroxyl groups is 1. The fourth-order valence-electron chi connectivity index (χ4n) is 1.85. The van der Waals surface area contributed by atoms with Crippen molar-refractivity contribution in [2.75, 3.05) is 11.9 Å². The van der Waals surface area contributed by atoms with Gasteiger partial charge < -0.3 is 10.4 Å². The van der Waals surface area contributed by atoms with Crippen LogP contribution >= 0.6 is 0 Å². The standard InChI is InChI=1S/C18H17NO2/c1-14-5-4-7-17(13-14)19-18(21)16-10-8-15(9-11-16)6-2-3-12-20/h4-5,7-11,13,20H,3,12H2,1H3,(H,19,21). The van der Waals surface area contributed by atoms with E-state index in [0.29, 0.717) is 12.0 Å². The zero-order valence-corrected chi connectivity index (χ0v) is 11.9. The molecule has 0 aliphatic heterocycles. The first kappa shape index (κ1) is 14.8. The average molecular weight is 279 g/mol. The van der Waals surface area contributed by atoms with E-state index in [1.54, 1.807) is 24.3 Å². The first-order valence-corrected chi connectivity index (χ1v) is 6.77. The van der Waals surface area contributed by atoms with Crippen molar-refractivity contribution in [2.24, 2.45) is 0 Å². The molecule has 0 atom stereocenters. The third kappa shape index (κ3) is 4.48. The first-order valence-electron chi connectivity index (χ1n) is 6.77. The lowest BCUT2D eigenvalue weighted by molar-refractivity contribution is 0.102. The summed E-state index contributed by atoms with van der Waals surface area (Å²) in [5.74, 6) is 5.63. The maximum atomic E-state index is 12.1. The number of aliphatic hydroxyl groups excluding tert-OH is 1. The monoisotopic (exact) mass is 279 g/mol. The third-order valence-corrected chi connectivity index (χ3v) is 2.89. The van der Waals surface area contributed by atoms with Crippen LogP contribution in [0.5, 0.6) is 0 Å². The summed E-state index contributed by atoms with van der Waals surface area (Å²) in [5, 5.41) is 11.5. The predicted molar refractivity (Wildman–Crippen MR) is 84.2 cm³/mol. The maximum absolute atomic E-state index is 12.1. The Kier molecular flexibility index (Phi) is 5.14. The minimum atomic E-state index is -0.143. The number of carbonyl (C=O) groups excluding carboxylic acids is 1. The molecule has 106 valence electrons. The molecular formula is C18H17NO2. The van der Waals surface area contributed by atoms with Gasteiger partial charge in [0.2, 0.25) is 0 Å². The Morgan fingerprint density at radius 1 is 1.19 bits per heavy atom. The van der Waals surface area contributed by atoms with E-state index in [1.807, 2.05) is 31.2 Å². The van der Waals surface area contributed by atoms with Crippen LogP contribution in [0.3, 0.4) is 0 Å². The molecule has 0 spiro atoms. The van der Waals surface area contributed by atoms with Crippen LogP contribution in [0, 0.1) is 18.8 Å². The van der Waals surface area contributed by atoms with E-state index in [1.165, 1.54) is 0 Å². The van der Waals surface area contributed by atoms with Crippen molar-refractivity contribution < 1.29 is 9.90 Å². The average Bonchev–Trinajstić information content (AvgIpc) is 2.48. The summed E-state index contributed by atoms with van der Waals surface area (Å²) in [6.45, 7) is 2.04. The molecule has 0 saturated carbocycles. The number of aryl methyl sites for hydroxylation is 1. The highest BCUT2D eigenvalue weighted by Gasteiger charge is 2.05. The molecule has 3 heteroatoms. The third-order valence-electron chi connectivity index (χ3n) is 2.89. The zero-order valence-electron chi connectivity index (χ0n) is 11.9. The van der Waals surface area contributed by atoms with E-state index in [-0.39, 0.29) is 12.5 Å². The number of nitrogens with one attached hydrogen (secondary N) is 1. The summed E-state index contributed by atoms with van der Waals surface area (Å²) in [6.07, 6.45) is 0.454. The van der Waals surface area contributed by atoms with Crippen molar-refractivity contribution in [1.82, 2.24) is 0 Å². The molecule has 0 unspecified atom stereocenters. The lowest BCUT2D eigenvalue weighted by atomic mass is 10.1. The van der Waals surface area contributed by atoms with E-state index in [0.717, 1.165) is 16.8 Å². The molecule has 0 bridgehead atoms. The summed E-state index contributed by atoms with van der Waals surface area (Å²) in [4.78, 5) is 12.1. The zero-order chi connectivity index (χ0) is 15.1. The number of carbonyl (C=O) groups is 1. The second-order valence-electron chi connectivity index (χ2n) is 4.68. The van der Waals surface area contributed by atoms with Crippen molar-refractivity contribution in [2.45, 2.75) is 13.3 Å². The van der Waals surface area contributed by atoms with Crippen LogP contribution in [0.2, 0.25) is 0 Å². The summed E-state index contributed by atoms with van der Waals surface area (Å²) in [7, 11) is 0. The summed E-state index contributed by atoms with van der Waals surface area (Å²) in [6, 6.07) is 14.8. The Balaban J connectivity index is 2.05. The van der Waals surface area contributed by atoms with Gasteiger partial charge in [0.1, 0.15) is 0 Å². The molecule has 0 aromatic heterocycles. The van der Waals surface area contributed by atoms with Crippen molar-refractivity contribution in [1.29, 1.82) is 0 Å². The van der Waals surface area contributed by atoms with Gasteiger partial charge in [0.05, 0.1) is 6.61 Å². The Hall–Kier alpha value is -2.57. The molecule has 21 heavy (non-hydrogen) atoms. The Morgan fingerprint density at radius 2 is 1.95 bits per heavy atom. The van der Waals surface area contributed by atoms with Gasteiger partial charge in [0, 0.05) is 23.2 Å². The summed E-state index contributed by atoms with van der Waals surface area (Å²) in [5.41, 5.74) is 3.30. The second kappa shape index (κ2) is 7.28. The van der Waals surface area contributed by atoms with Crippen LogP contribution < -0.4 is 5.32 Å². The van der Waals surface area contributed by atoms with E-state index >= 15 is 0 Å². The van der Waals surface area contributed by atoms with E-state index < -0.39 is 0 Å². The quantitative estimate of drug-likeness (QED) is 0.849. The molecule has 2 aromatic carbocycles. The van der Waals surface area contributed by atoms with Crippen LogP contribution in [-0.4, -0.2) is 17.6 Å². The topological polar surface area (TPSA) is 49.3 Å². The molecule has 2 aromatic rings. The lowest BCUT2D eigenvalue weighted by Gasteiger charge is -2.06. The van der Waals surface area contributed by atoms with Gasteiger partial charge in [-0.05, 0) is 48.9 Å². The minimum absolute atomic E-state index is 0.0595. The van der Waals surface area contributed by atoms with Crippen LogP contribution in [0.25, 0.3) is 0 Å². The van der Waals surface area contributed by atoms with Gasteiger partial charge in [-0.2, -0.15) is 0 Å². The second-order valence-corrected chi connectivity index (χ2v) is 4.68. The normalized spacial score (nSPS) is 9.62. The highest BCUT2D eigenvalue weighted by molar-refractivity contribution is 6.04. The fraction of sp³-hybridized carbons (Fsp3) is 0.167.